The number of hydrogen-bond donors (Lipinski definition) is 0. The van der Waals surface area contributed by atoms with Crippen molar-refractivity contribution < 1.29 is 33.4 Å². The van der Waals surface area contributed by atoms with Crippen LogP contribution in [0.4, 0.5) is 0 Å². The summed E-state index contributed by atoms with van der Waals surface area (Å²) in [6.07, 6.45) is 1.12. The Morgan fingerprint density at radius 3 is 1.95 bits per heavy atom. The second-order valence-corrected chi connectivity index (χ2v) is 4.63. The van der Waals surface area contributed by atoms with E-state index in [4.69, 9.17) is 14.2 Å². The Morgan fingerprint density at radius 1 is 0.909 bits per heavy atom. The minimum Gasteiger partial charge on any atom is -0.379 e. The van der Waals surface area contributed by atoms with Crippen LogP contribution in [-0.2, 0) is 33.4 Å². The number of hydroxylamine groups is 2. The van der Waals surface area contributed by atoms with E-state index < -0.39 is 17.8 Å². The summed E-state index contributed by atoms with van der Waals surface area (Å²) in [5.74, 6) is -1.64. The van der Waals surface area contributed by atoms with Crippen molar-refractivity contribution in [1.29, 1.82) is 0 Å². The topological polar surface area (TPSA) is 91.4 Å². The lowest BCUT2D eigenvalue weighted by Crippen LogP contribution is -2.32. The van der Waals surface area contributed by atoms with Crippen LogP contribution >= 0.6 is 0 Å². The zero-order valence-electron chi connectivity index (χ0n) is 12.9. The summed E-state index contributed by atoms with van der Waals surface area (Å²) in [5, 5.41) is 0.530. The van der Waals surface area contributed by atoms with Gasteiger partial charge in [0.25, 0.3) is 11.8 Å². The smallest absolute Gasteiger partial charge is 0.335 e. The van der Waals surface area contributed by atoms with Gasteiger partial charge in [0.15, 0.2) is 0 Å². The van der Waals surface area contributed by atoms with Crippen molar-refractivity contribution in [3.05, 3.63) is 0 Å². The highest BCUT2D eigenvalue weighted by Crippen LogP contribution is 2.12. The third kappa shape index (κ3) is 7.48. The van der Waals surface area contributed by atoms with Crippen molar-refractivity contribution in [3.8, 4) is 0 Å². The van der Waals surface area contributed by atoms with E-state index in [0.717, 1.165) is 13.0 Å². The molecule has 0 atom stereocenters. The number of hydrogen-bond acceptors (Lipinski definition) is 7. The average molecular weight is 317 g/mol. The van der Waals surface area contributed by atoms with Gasteiger partial charge in [-0.3, -0.25) is 9.59 Å². The number of rotatable bonds is 12. The van der Waals surface area contributed by atoms with Gasteiger partial charge >= 0.3 is 5.97 Å². The maximum atomic E-state index is 11.4. The number of carbonyl (C=O) groups is 3. The van der Waals surface area contributed by atoms with Crippen molar-refractivity contribution in [2.75, 3.05) is 39.6 Å². The molecule has 0 bridgehead atoms. The fourth-order valence-electron chi connectivity index (χ4n) is 1.65. The van der Waals surface area contributed by atoms with Gasteiger partial charge in [0, 0.05) is 19.4 Å². The lowest BCUT2D eigenvalue weighted by Gasteiger charge is -2.12. The van der Waals surface area contributed by atoms with E-state index in [9.17, 15) is 14.4 Å². The largest absolute Gasteiger partial charge is 0.379 e. The number of nitrogens with zero attached hydrogens (tertiary/aromatic N) is 1. The van der Waals surface area contributed by atoms with Crippen LogP contribution in [0.3, 0.4) is 0 Å². The Balaban J connectivity index is 1.93. The molecule has 0 saturated carbocycles. The van der Waals surface area contributed by atoms with Gasteiger partial charge in [-0.2, -0.15) is 0 Å². The number of carbonyl (C=O) groups excluding carboxylic acids is 3. The lowest BCUT2D eigenvalue weighted by molar-refractivity contribution is -0.198. The molecule has 1 saturated heterocycles. The molecule has 8 heteroatoms. The molecule has 1 heterocycles. The molecule has 0 N–H and O–H groups in total. The van der Waals surface area contributed by atoms with E-state index in [2.05, 4.69) is 4.84 Å². The van der Waals surface area contributed by atoms with Gasteiger partial charge in [-0.15, -0.1) is 5.06 Å². The molecule has 126 valence electrons. The van der Waals surface area contributed by atoms with Gasteiger partial charge in [0.1, 0.15) is 0 Å². The molecule has 1 aliphatic rings. The summed E-state index contributed by atoms with van der Waals surface area (Å²) < 4.78 is 15.7. The van der Waals surface area contributed by atoms with Gasteiger partial charge in [0.2, 0.25) is 0 Å². The molecule has 0 aliphatic carbocycles. The van der Waals surface area contributed by atoms with Crippen molar-refractivity contribution in [3.63, 3.8) is 0 Å². The second kappa shape index (κ2) is 11.1. The molecule has 8 nitrogen and oxygen atoms in total. The first-order valence-electron chi connectivity index (χ1n) is 7.45. The molecular weight excluding hydrogens is 294 g/mol. The van der Waals surface area contributed by atoms with E-state index in [1.54, 1.807) is 0 Å². The monoisotopic (exact) mass is 317 g/mol. The van der Waals surface area contributed by atoms with Crippen molar-refractivity contribution >= 4 is 17.8 Å². The number of amides is 2. The number of imide groups is 1. The van der Waals surface area contributed by atoms with Gasteiger partial charge in [0.05, 0.1) is 39.5 Å². The minimum absolute atomic E-state index is 0.0311. The van der Waals surface area contributed by atoms with E-state index in [0.29, 0.717) is 31.5 Å². The molecule has 22 heavy (non-hydrogen) atoms. The minimum atomic E-state index is -0.669. The first kappa shape index (κ1) is 18.5. The molecular formula is C14H23NO7. The molecule has 0 aromatic rings. The Bertz CT molecular complexity index is 356. The zero-order valence-corrected chi connectivity index (χ0v) is 12.9. The van der Waals surface area contributed by atoms with Crippen LogP contribution in [0.25, 0.3) is 0 Å². The highest BCUT2D eigenvalue weighted by Gasteiger charge is 2.32. The summed E-state index contributed by atoms with van der Waals surface area (Å²) in [7, 11) is 0. The zero-order chi connectivity index (χ0) is 16.2. The van der Waals surface area contributed by atoms with E-state index >= 15 is 0 Å². The lowest BCUT2D eigenvalue weighted by atomic mass is 10.4. The third-order valence-corrected chi connectivity index (χ3v) is 2.74. The van der Waals surface area contributed by atoms with Crippen LogP contribution in [0.5, 0.6) is 0 Å². The molecule has 2 amide bonds. The van der Waals surface area contributed by atoms with Crippen molar-refractivity contribution in [2.45, 2.75) is 32.6 Å². The molecule has 0 aromatic heterocycles. The van der Waals surface area contributed by atoms with Gasteiger partial charge < -0.3 is 19.0 Å². The standard InChI is InChI=1S/C14H23NO7/c1-2-6-19-8-10-21-11-9-20-7-5-14(18)22-15-12(16)3-4-13(15)17/h2-11H2,1H3. The first-order chi connectivity index (χ1) is 10.6. The highest BCUT2D eigenvalue weighted by molar-refractivity contribution is 6.01. The first-order valence-corrected chi connectivity index (χ1v) is 7.45. The molecule has 1 aliphatic heterocycles. The van der Waals surface area contributed by atoms with E-state index in [-0.39, 0.29) is 25.9 Å². The second-order valence-electron chi connectivity index (χ2n) is 4.63. The van der Waals surface area contributed by atoms with Crippen molar-refractivity contribution in [2.24, 2.45) is 0 Å². The summed E-state index contributed by atoms with van der Waals surface area (Å²) in [4.78, 5) is 38.6. The fourth-order valence-corrected chi connectivity index (χ4v) is 1.65. The molecule has 0 spiro atoms. The van der Waals surface area contributed by atoms with Gasteiger partial charge in [-0.05, 0) is 6.42 Å². The van der Waals surface area contributed by atoms with E-state index in [1.807, 2.05) is 6.92 Å². The molecule has 0 radical (unpaired) electrons. The Morgan fingerprint density at radius 2 is 1.41 bits per heavy atom. The van der Waals surface area contributed by atoms with E-state index in [1.165, 1.54) is 0 Å². The molecule has 1 rings (SSSR count). The van der Waals surface area contributed by atoms with Crippen LogP contribution < -0.4 is 0 Å². The quantitative estimate of drug-likeness (QED) is 0.381. The van der Waals surface area contributed by atoms with Crippen LogP contribution in [0.15, 0.2) is 0 Å². The average Bonchev–Trinajstić information content (AvgIpc) is 2.81. The summed E-state index contributed by atoms with van der Waals surface area (Å²) >= 11 is 0. The Kier molecular flexibility index (Phi) is 9.36. The maximum absolute atomic E-state index is 11.4. The molecule has 0 unspecified atom stereocenters. The maximum Gasteiger partial charge on any atom is 0.335 e. The van der Waals surface area contributed by atoms with Gasteiger partial charge in [-0.25, -0.2) is 4.79 Å². The predicted octanol–water partition coefficient (Wildman–Crippen LogP) is 0.444. The Hall–Kier alpha value is -1.51. The van der Waals surface area contributed by atoms with Crippen LogP contribution in [0, 0.1) is 0 Å². The summed E-state index contributed by atoms with van der Waals surface area (Å²) in [6, 6.07) is 0. The third-order valence-electron chi connectivity index (χ3n) is 2.74. The van der Waals surface area contributed by atoms with Crippen LogP contribution in [-0.4, -0.2) is 62.5 Å². The van der Waals surface area contributed by atoms with Crippen LogP contribution in [0.1, 0.15) is 32.6 Å². The molecule has 0 aromatic carbocycles. The summed E-state index contributed by atoms with van der Waals surface area (Å²) in [5.41, 5.74) is 0. The predicted molar refractivity (Wildman–Crippen MR) is 74.5 cm³/mol. The number of ether oxygens (including phenoxy) is 3. The molecule has 1 fully saturated rings. The van der Waals surface area contributed by atoms with Crippen molar-refractivity contribution in [1.82, 2.24) is 5.06 Å². The SMILES string of the molecule is CCCOCCOCCOCCC(=O)ON1C(=O)CCC1=O. The highest BCUT2D eigenvalue weighted by atomic mass is 16.7. The normalized spacial score (nSPS) is 14.7. The van der Waals surface area contributed by atoms with Crippen LogP contribution in [0.2, 0.25) is 0 Å². The van der Waals surface area contributed by atoms with Gasteiger partial charge in [-0.1, -0.05) is 6.92 Å². The fraction of sp³-hybridized carbons (Fsp3) is 0.786. The Labute approximate surface area is 129 Å². The summed E-state index contributed by atoms with van der Waals surface area (Å²) in [6.45, 7) is 4.73.